The number of hydrogen-bond acceptors (Lipinski definition) is 8. The lowest BCUT2D eigenvalue weighted by Crippen LogP contribution is -2.28. The molecule has 0 bridgehead atoms. The van der Waals surface area contributed by atoms with Crippen LogP contribution in [0, 0.1) is 0 Å². The molecular weight excluding hydrogens is 466 g/mol. The van der Waals surface area contributed by atoms with Crippen LogP contribution in [0.4, 0.5) is 0 Å². The molecule has 9 nitrogen and oxygen atoms in total. The lowest BCUT2D eigenvalue weighted by molar-refractivity contribution is -0.130. The van der Waals surface area contributed by atoms with Gasteiger partial charge in [0.05, 0.1) is 24.5 Å². The maximum Gasteiger partial charge on any atom is 0.253 e. The number of thioether (sulfide) groups is 1. The first-order chi connectivity index (χ1) is 17.3. The van der Waals surface area contributed by atoms with E-state index in [2.05, 4.69) is 19.9 Å². The molecule has 35 heavy (non-hydrogen) atoms. The first kappa shape index (κ1) is 22.0. The highest BCUT2D eigenvalue weighted by Crippen LogP contribution is 2.37. The van der Waals surface area contributed by atoms with E-state index in [0.29, 0.717) is 35.6 Å². The average Bonchev–Trinajstić information content (AvgIpc) is 3.71. The Balaban J connectivity index is 1.25. The highest BCUT2D eigenvalue weighted by atomic mass is 32.2. The third-order valence-corrected chi connectivity index (χ3v) is 7.44. The molecule has 0 radical (unpaired) electrons. The molecule has 6 rings (SSSR count). The van der Waals surface area contributed by atoms with Gasteiger partial charge in [-0.05, 0) is 49.2 Å². The van der Waals surface area contributed by atoms with E-state index in [0.717, 1.165) is 23.7 Å². The zero-order valence-electron chi connectivity index (χ0n) is 19.1. The summed E-state index contributed by atoms with van der Waals surface area (Å²) in [6, 6.07) is 11.1. The number of carbonyl (C=O) groups is 1. The van der Waals surface area contributed by atoms with Crippen LogP contribution in [0.3, 0.4) is 0 Å². The SMILES string of the molecule is O=C(CSc1nnc(-c2ccco2)n1C1CCCCC1)N1N=C(c2ccco2)CC1c1ccco1. The Hall–Kier alpha value is -3.53. The topological polar surface area (TPSA) is 103 Å². The van der Waals surface area contributed by atoms with Gasteiger partial charge in [-0.2, -0.15) is 5.10 Å². The molecule has 1 saturated carbocycles. The highest BCUT2D eigenvalue weighted by Gasteiger charge is 2.36. The zero-order valence-corrected chi connectivity index (χ0v) is 19.9. The van der Waals surface area contributed by atoms with Gasteiger partial charge in [-0.25, -0.2) is 5.01 Å². The summed E-state index contributed by atoms with van der Waals surface area (Å²) in [5, 5.41) is 15.7. The molecule has 10 heteroatoms. The van der Waals surface area contributed by atoms with Gasteiger partial charge in [0, 0.05) is 12.5 Å². The van der Waals surface area contributed by atoms with E-state index in [-0.39, 0.29) is 17.7 Å². The van der Waals surface area contributed by atoms with Crippen LogP contribution in [0.1, 0.15) is 62.1 Å². The molecule has 4 aromatic heterocycles. The van der Waals surface area contributed by atoms with E-state index in [1.165, 1.54) is 36.0 Å². The minimum absolute atomic E-state index is 0.129. The van der Waals surface area contributed by atoms with Gasteiger partial charge >= 0.3 is 0 Å². The van der Waals surface area contributed by atoms with Crippen LogP contribution < -0.4 is 0 Å². The van der Waals surface area contributed by atoms with E-state index in [9.17, 15) is 4.79 Å². The van der Waals surface area contributed by atoms with Gasteiger partial charge in [-0.15, -0.1) is 10.2 Å². The monoisotopic (exact) mass is 491 g/mol. The Morgan fingerprint density at radius 1 is 0.943 bits per heavy atom. The molecule has 1 fully saturated rings. The van der Waals surface area contributed by atoms with Gasteiger partial charge in [0.25, 0.3) is 5.91 Å². The smallest absolute Gasteiger partial charge is 0.253 e. The van der Waals surface area contributed by atoms with E-state index < -0.39 is 0 Å². The Bertz CT molecular complexity index is 1290. The average molecular weight is 492 g/mol. The molecule has 2 aliphatic rings. The third-order valence-electron chi connectivity index (χ3n) is 6.51. The van der Waals surface area contributed by atoms with Gasteiger partial charge in [-0.1, -0.05) is 31.0 Å². The summed E-state index contributed by atoms with van der Waals surface area (Å²) in [5.41, 5.74) is 0.722. The van der Waals surface area contributed by atoms with E-state index >= 15 is 0 Å². The predicted molar refractivity (Wildman–Crippen MR) is 129 cm³/mol. The van der Waals surface area contributed by atoms with Gasteiger partial charge in [0.1, 0.15) is 23.3 Å². The maximum atomic E-state index is 13.4. The van der Waals surface area contributed by atoms with Crippen molar-refractivity contribution in [3.05, 3.63) is 66.7 Å². The zero-order chi connectivity index (χ0) is 23.6. The molecule has 1 atom stereocenters. The molecule has 1 aliphatic carbocycles. The number of nitrogens with zero attached hydrogens (tertiary/aromatic N) is 5. The van der Waals surface area contributed by atoms with Crippen molar-refractivity contribution in [2.75, 3.05) is 5.75 Å². The molecule has 4 aromatic rings. The Morgan fingerprint density at radius 2 is 1.69 bits per heavy atom. The van der Waals surface area contributed by atoms with Gasteiger partial charge in [0.2, 0.25) is 5.82 Å². The second-order valence-electron chi connectivity index (χ2n) is 8.73. The number of aromatic nitrogens is 3. The minimum atomic E-state index is -0.312. The molecule has 0 saturated heterocycles. The molecule has 0 aromatic carbocycles. The molecule has 5 heterocycles. The van der Waals surface area contributed by atoms with Gasteiger partial charge < -0.3 is 13.3 Å². The number of amides is 1. The summed E-state index contributed by atoms with van der Waals surface area (Å²) < 4.78 is 18.9. The second kappa shape index (κ2) is 9.61. The Morgan fingerprint density at radius 3 is 2.40 bits per heavy atom. The van der Waals surface area contributed by atoms with Crippen LogP contribution in [0.15, 0.2) is 78.7 Å². The second-order valence-corrected chi connectivity index (χ2v) is 9.67. The molecule has 1 unspecified atom stereocenters. The fraction of sp³-hybridized carbons (Fsp3) is 0.360. The largest absolute Gasteiger partial charge is 0.467 e. The van der Waals surface area contributed by atoms with Crippen LogP contribution in [0.25, 0.3) is 11.6 Å². The lowest BCUT2D eigenvalue weighted by Gasteiger charge is -2.25. The third kappa shape index (κ3) is 4.34. The summed E-state index contributed by atoms with van der Waals surface area (Å²) in [6.07, 6.45) is 11.1. The standard InChI is InChI=1S/C25H25N5O4S/c31-23(30-19(21-10-5-13-33-21)15-18(28-30)20-9-4-12-32-20)16-35-25-27-26-24(22-11-6-14-34-22)29(25)17-7-2-1-3-8-17/h4-6,9-14,17,19H,1-3,7-8,15-16H2. The highest BCUT2D eigenvalue weighted by molar-refractivity contribution is 7.99. The van der Waals surface area contributed by atoms with Crippen LogP contribution in [-0.2, 0) is 4.79 Å². The molecule has 1 aliphatic heterocycles. The van der Waals surface area contributed by atoms with E-state index in [1.54, 1.807) is 18.8 Å². The first-order valence-electron chi connectivity index (χ1n) is 11.9. The molecule has 0 N–H and O–H groups in total. The summed E-state index contributed by atoms with van der Waals surface area (Å²) in [5.74, 6) is 2.80. The summed E-state index contributed by atoms with van der Waals surface area (Å²) in [4.78, 5) is 13.4. The van der Waals surface area contributed by atoms with E-state index in [1.807, 2.05) is 36.4 Å². The molecular formula is C25H25N5O4S. The first-order valence-corrected chi connectivity index (χ1v) is 12.8. The Kier molecular flexibility index (Phi) is 6.03. The number of rotatable bonds is 7. The molecule has 180 valence electrons. The summed E-state index contributed by atoms with van der Waals surface area (Å²) >= 11 is 1.38. The minimum Gasteiger partial charge on any atom is -0.467 e. The normalized spacial score (nSPS) is 18.8. The van der Waals surface area contributed by atoms with Crippen molar-refractivity contribution in [2.45, 2.75) is 55.8 Å². The van der Waals surface area contributed by atoms with Crippen LogP contribution in [0.5, 0.6) is 0 Å². The van der Waals surface area contributed by atoms with Crippen molar-refractivity contribution < 1.29 is 18.0 Å². The number of carbonyl (C=O) groups excluding carboxylic acids is 1. The van der Waals surface area contributed by atoms with Gasteiger partial charge in [-0.3, -0.25) is 9.36 Å². The molecule has 0 spiro atoms. The summed E-state index contributed by atoms with van der Waals surface area (Å²) in [7, 11) is 0. The molecule has 1 amide bonds. The van der Waals surface area contributed by atoms with Crippen molar-refractivity contribution in [2.24, 2.45) is 5.10 Å². The summed E-state index contributed by atoms with van der Waals surface area (Å²) in [6.45, 7) is 0. The fourth-order valence-electron chi connectivity index (χ4n) is 4.84. The maximum absolute atomic E-state index is 13.4. The van der Waals surface area contributed by atoms with Crippen molar-refractivity contribution in [1.82, 2.24) is 19.8 Å². The van der Waals surface area contributed by atoms with Gasteiger partial charge in [0.15, 0.2) is 10.9 Å². The number of furan rings is 3. The van der Waals surface area contributed by atoms with Crippen LogP contribution in [0.2, 0.25) is 0 Å². The predicted octanol–water partition coefficient (Wildman–Crippen LogP) is 5.70. The van der Waals surface area contributed by atoms with Crippen molar-refractivity contribution in [3.8, 4) is 11.6 Å². The van der Waals surface area contributed by atoms with Crippen molar-refractivity contribution >= 4 is 23.4 Å². The van der Waals surface area contributed by atoms with Crippen LogP contribution in [-0.4, -0.2) is 37.1 Å². The Labute approximate surface area is 206 Å². The quantitative estimate of drug-likeness (QED) is 0.306. The van der Waals surface area contributed by atoms with E-state index in [4.69, 9.17) is 13.3 Å². The van der Waals surface area contributed by atoms with Crippen molar-refractivity contribution in [3.63, 3.8) is 0 Å². The fourth-order valence-corrected chi connectivity index (χ4v) is 5.70. The lowest BCUT2D eigenvalue weighted by atomic mass is 9.95. The van der Waals surface area contributed by atoms with Crippen LogP contribution >= 0.6 is 11.8 Å². The number of hydrogen-bond donors (Lipinski definition) is 0. The van der Waals surface area contributed by atoms with Crippen molar-refractivity contribution in [1.29, 1.82) is 0 Å². The number of hydrazone groups is 1.